The van der Waals surface area contributed by atoms with Crippen molar-refractivity contribution in [3.63, 3.8) is 0 Å². The van der Waals surface area contributed by atoms with Crippen LogP contribution in [-0.4, -0.2) is 33.2 Å². The van der Waals surface area contributed by atoms with E-state index in [4.69, 9.17) is 9.63 Å². The largest absolute Gasteiger partial charge is 0.480 e. The number of carbonyl (C=O) groups is 2. The average molecular weight is 363 g/mol. The molecule has 1 amide bonds. The van der Waals surface area contributed by atoms with E-state index in [1.807, 2.05) is 13.8 Å². The van der Waals surface area contributed by atoms with Gasteiger partial charge in [0.05, 0.1) is 0 Å². The molecule has 0 saturated carbocycles. The summed E-state index contributed by atoms with van der Waals surface area (Å²) < 4.78 is 18.4. The molecule has 2 rings (SSSR count). The molecule has 1 unspecified atom stereocenters. The van der Waals surface area contributed by atoms with Crippen molar-refractivity contribution in [2.45, 2.75) is 46.1 Å². The van der Waals surface area contributed by atoms with Crippen LogP contribution in [0.1, 0.15) is 38.1 Å². The molecule has 0 saturated heterocycles. The SMILES string of the molecule is Cc1cc(-c2noc(CCC(=O)NC(CC(C)C)C(=O)O)n2)ccc1F. The minimum atomic E-state index is -1.06. The summed E-state index contributed by atoms with van der Waals surface area (Å²) in [6, 6.07) is 3.57. The van der Waals surface area contributed by atoms with E-state index in [0.717, 1.165) is 0 Å². The Bertz CT molecular complexity index is 788. The van der Waals surface area contributed by atoms with Crippen LogP contribution >= 0.6 is 0 Å². The zero-order valence-corrected chi connectivity index (χ0v) is 15.0. The summed E-state index contributed by atoms with van der Waals surface area (Å²) in [4.78, 5) is 27.3. The van der Waals surface area contributed by atoms with Gasteiger partial charge in [0.2, 0.25) is 17.6 Å². The Kier molecular flexibility index (Phi) is 6.43. The standard InChI is InChI=1S/C18H22FN3O4/c1-10(2)8-14(18(24)25)20-15(23)6-7-16-21-17(22-26-16)12-4-5-13(19)11(3)9-12/h4-5,9-10,14H,6-8H2,1-3H3,(H,20,23)(H,24,25). The third kappa shape index (κ3) is 5.37. The molecular formula is C18H22FN3O4. The molecule has 1 aromatic carbocycles. The normalized spacial score (nSPS) is 12.2. The third-order valence-electron chi connectivity index (χ3n) is 3.79. The molecule has 0 fully saturated rings. The fourth-order valence-corrected chi connectivity index (χ4v) is 2.44. The van der Waals surface area contributed by atoms with Crippen LogP contribution < -0.4 is 5.32 Å². The number of benzene rings is 1. The molecule has 1 heterocycles. The van der Waals surface area contributed by atoms with Gasteiger partial charge in [-0.3, -0.25) is 4.79 Å². The minimum Gasteiger partial charge on any atom is -0.480 e. The highest BCUT2D eigenvalue weighted by Crippen LogP contribution is 2.19. The first-order chi connectivity index (χ1) is 12.3. The number of amides is 1. The van der Waals surface area contributed by atoms with Crippen molar-refractivity contribution in [3.8, 4) is 11.4 Å². The first kappa shape index (κ1) is 19.6. The lowest BCUT2D eigenvalue weighted by molar-refractivity contribution is -0.142. The highest BCUT2D eigenvalue weighted by molar-refractivity contribution is 5.83. The summed E-state index contributed by atoms with van der Waals surface area (Å²) >= 11 is 0. The molecular weight excluding hydrogens is 341 g/mol. The summed E-state index contributed by atoms with van der Waals surface area (Å²) in [5, 5.41) is 15.5. The smallest absolute Gasteiger partial charge is 0.326 e. The lowest BCUT2D eigenvalue weighted by atomic mass is 10.0. The number of aromatic nitrogens is 2. The third-order valence-corrected chi connectivity index (χ3v) is 3.79. The van der Waals surface area contributed by atoms with Crippen molar-refractivity contribution in [2.24, 2.45) is 5.92 Å². The van der Waals surface area contributed by atoms with Crippen LogP contribution in [0.25, 0.3) is 11.4 Å². The Morgan fingerprint density at radius 3 is 2.69 bits per heavy atom. The maximum absolute atomic E-state index is 13.3. The van der Waals surface area contributed by atoms with Gasteiger partial charge < -0.3 is 14.9 Å². The molecule has 8 heteroatoms. The van der Waals surface area contributed by atoms with E-state index in [9.17, 15) is 14.0 Å². The van der Waals surface area contributed by atoms with Crippen molar-refractivity contribution in [1.29, 1.82) is 0 Å². The predicted octanol–water partition coefficient (Wildman–Crippen LogP) is 2.73. The Labute approximate surface area is 150 Å². The first-order valence-electron chi connectivity index (χ1n) is 8.37. The molecule has 140 valence electrons. The van der Waals surface area contributed by atoms with Crippen LogP contribution in [0.3, 0.4) is 0 Å². The van der Waals surface area contributed by atoms with Gasteiger partial charge in [-0.2, -0.15) is 4.98 Å². The quantitative estimate of drug-likeness (QED) is 0.747. The number of hydrogen-bond acceptors (Lipinski definition) is 5. The predicted molar refractivity (Wildman–Crippen MR) is 91.8 cm³/mol. The van der Waals surface area contributed by atoms with Crippen molar-refractivity contribution in [1.82, 2.24) is 15.5 Å². The highest BCUT2D eigenvalue weighted by atomic mass is 19.1. The van der Waals surface area contributed by atoms with Crippen LogP contribution in [0.5, 0.6) is 0 Å². The fraction of sp³-hybridized carbons (Fsp3) is 0.444. The highest BCUT2D eigenvalue weighted by Gasteiger charge is 2.21. The number of nitrogens with one attached hydrogen (secondary N) is 1. The van der Waals surface area contributed by atoms with Crippen molar-refractivity contribution in [2.75, 3.05) is 0 Å². The van der Waals surface area contributed by atoms with Gasteiger partial charge in [0, 0.05) is 18.4 Å². The van der Waals surface area contributed by atoms with Crippen molar-refractivity contribution in [3.05, 3.63) is 35.5 Å². The van der Waals surface area contributed by atoms with E-state index >= 15 is 0 Å². The second-order valence-electron chi connectivity index (χ2n) is 6.56. The fourth-order valence-electron chi connectivity index (χ4n) is 2.44. The molecule has 0 spiro atoms. The molecule has 0 radical (unpaired) electrons. The first-order valence-corrected chi connectivity index (χ1v) is 8.37. The number of nitrogens with zero attached hydrogens (tertiary/aromatic N) is 2. The van der Waals surface area contributed by atoms with Crippen LogP contribution in [0.15, 0.2) is 22.7 Å². The maximum Gasteiger partial charge on any atom is 0.326 e. The van der Waals surface area contributed by atoms with E-state index < -0.39 is 17.9 Å². The number of hydrogen-bond donors (Lipinski definition) is 2. The summed E-state index contributed by atoms with van der Waals surface area (Å²) in [5.74, 6) is -1.05. The van der Waals surface area contributed by atoms with E-state index in [0.29, 0.717) is 23.4 Å². The zero-order chi connectivity index (χ0) is 19.3. The molecule has 1 atom stereocenters. The summed E-state index contributed by atoms with van der Waals surface area (Å²) in [6.45, 7) is 5.42. The Hall–Kier alpha value is -2.77. The van der Waals surface area contributed by atoms with Gasteiger partial charge in [-0.15, -0.1) is 0 Å². The maximum atomic E-state index is 13.3. The Morgan fingerprint density at radius 1 is 1.35 bits per heavy atom. The molecule has 1 aromatic heterocycles. The summed E-state index contributed by atoms with van der Waals surface area (Å²) in [5.41, 5.74) is 1.09. The van der Waals surface area contributed by atoms with E-state index in [1.165, 1.54) is 6.07 Å². The summed E-state index contributed by atoms with van der Waals surface area (Å²) in [6.07, 6.45) is 0.578. The topological polar surface area (TPSA) is 105 Å². The lowest BCUT2D eigenvalue weighted by Crippen LogP contribution is -2.41. The van der Waals surface area contributed by atoms with E-state index in [2.05, 4.69) is 15.5 Å². The number of aryl methyl sites for hydroxylation is 2. The molecule has 0 bridgehead atoms. The minimum absolute atomic E-state index is 0.0337. The van der Waals surface area contributed by atoms with E-state index in [1.54, 1.807) is 19.1 Å². The number of carboxylic acids is 1. The molecule has 2 N–H and O–H groups in total. The number of halogens is 1. The monoisotopic (exact) mass is 363 g/mol. The zero-order valence-electron chi connectivity index (χ0n) is 15.0. The van der Waals surface area contributed by atoms with Gasteiger partial charge in [-0.1, -0.05) is 19.0 Å². The number of carbonyl (C=O) groups excluding carboxylic acids is 1. The van der Waals surface area contributed by atoms with Gasteiger partial charge in [0.1, 0.15) is 11.9 Å². The molecule has 26 heavy (non-hydrogen) atoms. The van der Waals surface area contributed by atoms with Crippen LogP contribution in [0.2, 0.25) is 0 Å². The Morgan fingerprint density at radius 2 is 2.08 bits per heavy atom. The molecule has 0 aliphatic rings. The van der Waals surface area contributed by atoms with Gasteiger partial charge in [0.15, 0.2) is 0 Å². The lowest BCUT2D eigenvalue weighted by Gasteiger charge is -2.16. The van der Waals surface area contributed by atoms with Gasteiger partial charge >= 0.3 is 5.97 Å². The number of carboxylic acid groups (broad SMARTS) is 1. The second kappa shape index (κ2) is 8.55. The summed E-state index contributed by atoms with van der Waals surface area (Å²) in [7, 11) is 0. The van der Waals surface area contributed by atoms with Gasteiger partial charge in [-0.25, -0.2) is 9.18 Å². The van der Waals surface area contributed by atoms with Gasteiger partial charge in [-0.05, 0) is 43.0 Å². The molecule has 0 aliphatic heterocycles. The van der Waals surface area contributed by atoms with Gasteiger partial charge in [0.25, 0.3) is 0 Å². The second-order valence-corrected chi connectivity index (χ2v) is 6.56. The number of aliphatic carboxylic acids is 1. The van der Waals surface area contributed by atoms with Crippen LogP contribution in [-0.2, 0) is 16.0 Å². The van der Waals surface area contributed by atoms with Crippen molar-refractivity contribution < 1.29 is 23.6 Å². The van der Waals surface area contributed by atoms with Crippen LogP contribution in [0.4, 0.5) is 4.39 Å². The van der Waals surface area contributed by atoms with Crippen LogP contribution in [0, 0.1) is 18.7 Å². The molecule has 2 aromatic rings. The molecule has 0 aliphatic carbocycles. The number of rotatable bonds is 8. The Balaban J connectivity index is 1.93. The average Bonchev–Trinajstić information content (AvgIpc) is 3.03. The van der Waals surface area contributed by atoms with Crippen molar-refractivity contribution >= 4 is 11.9 Å². The molecule has 7 nitrogen and oxygen atoms in total. The van der Waals surface area contributed by atoms with E-state index in [-0.39, 0.29) is 30.5 Å².